The van der Waals surface area contributed by atoms with Crippen LogP contribution in [-0.4, -0.2) is 39.5 Å². The van der Waals surface area contributed by atoms with Crippen LogP contribution in [0.5, 0.6) is 0 Å². The van der Waals surface area contributed by atoms with Crippen LogP contribution in [0.2, 0.25) is 0 Å². The monoisotopic (exact) mass is 255 g/mol. The van der Waals surface area contributed by atoms with E-state index < -0.39 is 0 Å². The van der Waals surface area contributed by atoms with Crippen LogP contribution in [0.25, 0.3) is 0 Å². The first-order chi connectivity index (χ1) is 8.22. The summed E-state index contributed by atoms with van der Waals surface area (Å²) in [5.74, 6) is -0.232. The van der Waals surface area contributed by atoms with E-state index in [4.69, 9.17) is 0 Å². The molecule has 1 aliphatic heterocycles. The standard InChI is InChI=1S/C9H13N5O2S/c1-2-3-10-8-6(12-13-17-8)5-14-7(15)4-11-9(14)16/h10H,2-5H2,1H3,(H,11,16). The lowest BCUT2D eigenvalue weighted by Crippen LogP contribution is -2.30. The van der Waals surface area contributed by atoms with E-state index in [1.54, 1.807) is 0 Å². The molecule has 2 rings (SSSR count). The molecule has 1 fully saturated rings. The van der Waals surface area contributed by atoms with Gasteiger partial charge in [0, 0.05) is 18.1 Å². The lowest BCUT2D eigenvalue weighted by molar-refractivity contribution is -0.125. The molecule has 0 spiro atoms. The number of urea groups is 1. The van der Waals surface area contributed by atoms with Gasteiger partial charge in [0.2, 0.25) is 5.91 Å². The molecule has 8 heteroatoms. The predicted molar refractivity (Wildman–Crippen MR) is 62.6 cm³/mol. The third kappa shape index (κ3) is 2.52. The van der Waals surface area contributed by atoms with Crippen LogP contribution in [-0.2, 0) is 11.3 Å². The van der Waals surface area contributed by atoms with Crippen molar-refractivity contribution in [3.05, 3.63) is 5.69 Å². The average molecular weight is 255 g/mol. The summed E-state index contributed by atoms with van der Waals surface area (Å²) in [6.45, 7) is 3.11. The van der Waals surface area contributed by atoms with E-state index in [-0.39, 0.29) is 25.0 Å². The normalized spacial score (nSPS) is 15.2. The molecule has 1 aromatic heterocycles. The second-order valence-corrected chi connectivity index (χ2v) is 4.37. The number of hydrogen-bond acceptors (Lipinski definition) is 6. The quantitative estimate of drug-likeness (QED) is 0.744. The zero-order chi connectivity index (χ0) is 12.3. The van der Waals surface area contributed by atoms with Gasteiger partial charge in [0.05, 0.1) is 13.1 Å². The predicted octanol–water partition coefficient (Wildman–Crippen LogP) is 0.412. The van der Waals surface area contributed by atoms with Gasteiger partial charge in [0.25, 0.3) is 0 Å². The van der Waals surface area contributed by atoms with E-state index in [1.165, 1.54) is 11.5 Å². The van der Waals surface area contributed by atoms with Gasteiger partial charge in [0.15, 0.2) is 0 Å². The number of rotatable bonds is 5. The molecule has 0 aromatic carbocycles. The fraction of sp³-hybridized carbons (Fsp3) is 0.556. The van der Waals surface area contributed by atoms with Gasteiger partial charge in [-0.3, -0.25) is 9.69 Å². The minimum atomic E-state index is -0.371. The molecule has 7 nitrogen and oxygen atoms in total. The van der Waals surface area contributed by atoms with Crippen molar-refractivity contribution in [1.29, 1.82) is 0 Å². The summed E-state index contributed by atoms with van der Waals surface area (Å²) in [4.78, 5) is 23.9. The van der Waals surface area contributed by atoms with Crippen LogP contribution in [0.3, 0.4) is 0 Å². The summed E-state index contributed by atoms with van der Waals surface area (Å²) < 4.78 is 3.83. The average Bonchev–Trinajstić information content (AvgIpc) is 2.88. The first-order valence-electron chi connectivity index (χ1n) is 5.35. The number of carbonyl (C=O) groups is 2. The van der Waals surface area contributed by atoms with Gasteiger partial charge in [-0.15, -0.1) is 5.10 Å². The summed E-state index contributed by atoms with van der Waals surface area (Å²) in [7, 11) is 0. The van der Waals surface area contributed by atoms with Gasteiger partial charge in [-0.25, -0.2) is 4.79 Å². The van der Waals surface area contributed by atoms with Crippen LogP contribution >= 0.6 is 11.5 Å². The van der Waals surface area contributed by atoms with Crippen LogP contribution in [0.4, 0.5) is 9.80 Å². The van der Waals surface area contributed by atoms with Crippen LogP contribution in [0, 0.1) is 0 Å². The van der Waals surface area contributed by atoms with Crippen molar-refractivity contribution in [3.8, 4) is 0 Å². The van der Waals surface area contributed by atoms with Crippen molar-refractivity contribution in [2.45, 2.75) is 19.9 Å². The maximum absolute atomic E-state index is 11.4. The highest BCUT2D eigenvalue weighted by molar-refractivity contribution is 7.10. The Hall–Kier alpha value is -1.70. The zero-order valence-electron chi connectivity index (χ0n) is 9.39. The molecule has 92 valence electrons. The summed E-state index contributed by atoms with van der Waals surface area (Å²) in [6, 6.07) is -0.371. The molecule has 0 radical (unpaired) electrons. The number of aromatic nitrogens is 2. The highest BCUT2D eigenvalue weighted by Crippen LogP contribution is 2.20. The van der Waals surface area contributed by atoms with Gasteiger partial charge in [-0.05, 0) is 6.42 Å². The molecule has 1 saturated heterocycles. The summed E-state index contributed by atoms with van der Waals surface area (Å²) in [6.07, 6.45) is 0.987. The van der Waals surface area contributed by atoms with E-state index >= 15 is 0 Å². The minimum absolute atomic E-state index is 0.0636. The van der Waals surface area contributed by atoms with Crippen LogP contribution in [0.1, 0.15) is 19.0 Å². The molecular formula is C9H13N5O2S. The van der Waals surface area contributed by atoms with Crippen molar-refractivity contribution in [3.63, 3.8) is 0 Å². The van der Waals surface area contributed by atoms with E-state index in [0.29, 0.717) is 5.69 Å². The molecule has 17 heavy (non-hydrogen) atoms. The Labute approximate surface area is 102 Å². The Kier molecular flexibility index (Phi) is 3.52. The molecule has 0 atom stereocenters. The van der Waals surface area contributed by atoms with E-state index in [9.17, 15) is 9.59 Å². The molecule has 3 amide bonds. The van der Waals surface area contributed by atoms with E-state index in [1.807, 2.05) is 0 Å². The Morgan fingerprint density at radius 2 is 2.35 bits per heavy atom. The number of amides is 3. The number of nitrogens with zero attached hydrogens (tertiary/aromatic N) is 3. The van der Waals surface area contributed by atoms with Gasteiger partial charge in [-0.1, -0.05) is 11.4 Å². The molecule has 2 N–H and O–H groups in total. The maximum Gasteiger partial charge on any atom is 0.324 e. The third-order valence-corrected chi connectivity index (χ3v) is 3.06. The summed E-state index contributed by atoms with van der Waals surface area (Å²) in [5, 5.41) is 10.4. The topological polar surface area (TPSA) is 87.2 Å². The minimum Gasteiger partial charge on any atom is -0.374 e. The van der Waals surface area contributed by atoms with E-state index in [0.717, 1.165) is 22.9 Å². The number of anilines is 1. The summed E-state index contributed by atoms with van der Waals surface area (Å²) in [5.41, 5.74) is 0.633. The number of carbonyl (C=O) groups excluding carboxylic acids is 2. The van der Waals surface area contributed by atoms with Gasteiger partial charge < -0.3 is 10.6 Å². The molecule has 0 aliphatic carbocycles. The molecule has 0 bridgehead atoms. The second kappa shape index (κ2) is 5.09. The van der Waals surface area contributed by atoms with E-state index in [2.05, 4.69) is 27.1 Å². The number of imide groups is 1. The third-order valence-electron chi connectivity index (χ3n) is 2.34. The van der Waals surface area contributed by atoms with Crippen LogP contribution in [0.15, 0.2) is 0 Å². The maximum atomic E-state index is 11.4. The fourth-order valence-corrected chi connectivity index (χ4v) is 2.05. The zero-order valence-corrected chi connectivity index (χ0v) is 10.2. The molecule has 1 aromatic rings. The lowest BCUT2D eigenvalue weighted by Gasteiger charge is -2.11. The smallest absolute Gasteiger partial charge is 0.324 e. The highest BCUT2D eigenvalue weighted by Gasteiger charge is 2.29. The molecule has 0 saturated carbocycles. The summed E-state index contributed by atoms with van der Waals surface area (Å²) >= 11 is 1.23. The Balaban J connectivity index is 2.05. The SMILES string of the molecule is CCCNc1snnc1CN1C(=O)CNC1=O. The number of nitrogens with one attached hydrogen (secondary N) is 2. The molecular weight excluding hydrogens is 242 g/mol. The Bertz CT molecular complexity index is 417. The van der Waals surface area contributed by atoms with Crippen molar-refractivity contribution in [1.82, 2.24) is 19.8 Å². The second-order valence-electron chi connectivity index (χ2n) is 3.61. The van der Waals surface area contributed by atoms with Gasteiger partial charge in [-0.2, -0.15) is 0 Å². The first-order valence-corrected chi connectivity index (χ1v) is 6.13. The Morgan fingerprint density at radius 3 is 3.00 bits per heavy atom. The van der Waals surface area contributed by atoms with Gasteiger partial charge in [0.1, 0.15) is 10.7 Å². The molecule has 1 aliphatic rings. The Morgan fingerprint density at radius 1 is 1.53 bits per heavy atom. The van der Waals surface area contributed by atoms with Crippen LogP contribution < -0.4 is 10.6 Å². The van der Waals surface area contributed by atoms with Gasteiger partial charge >= 0.3 is 6.03 Å². The van der Waals surface area contributed by atoms with Crippen molar-refractivity contribution in [2.75, 3.05) is 18.4 Å². The molecule has 2 heterocycles. The largest absolute Gasteiger partial charge is 0.374 e. The van der Waals surface area contributed by atoms with Crippen molar-refractivity contribution >= 4 is 28.5 Å². The lowest BCUT2D eigenvalue weighted by atomic mass is 10.4. The first kappa shape index (κ1) is 11.8. The molecule has 0 unspecified atom stereocenters. The van der Waals surface area contributed by atoms with Crippen molar-refractivity contribution < 1.29 is 9.59 Å². The highest BCUT2D eigenvalue weighted by atomic mass is 32.1. The number of hydrogen-bond donors (Lipinski definition) is 2. The van der Waals surface area contributed by atoms with Crippen molar-refractivity contribution in [2.24, 2.45) is 0 Å². The fourth-order valence-electron chi connectivity index (χ4n) is 1.45.